The third-order valence-electron chi connectivity index (χ3n) is 4.55. The summed E-state index contributed by atoms with van der Waals surface area (Å²) in [5.74, 6) is 0.211. The Morgan fingerprint density at radius 3 is 3.00 bits per heavy atom. The number of rotatable bonds is 3. The van der Waals surface area contributed by atoms with Gasteiger partial charge in [-0.15, -0.1) is 0 Å². The summed E-state index contributed by atoms with van der Waals surface area (Å²) in [4.78, 5) is 15.6. The monoisotopic (exact) mass is 338 g/mol. The van der Waals surface area contributed by atoms with Crippen molar-refractivity contribution in [3.63, 3.8) is 0 Å². The Labute approximate surface area is 141 Å². The Balaban J connectivity index is 1.75. The predicted octanol–water partition coefficient (Wildman–Crippen LogP) is 0.894. The molecular weight excluding hydrogens is 315 g/mol. The number of carbonyl (C=O) groups excluding carboxylic acids is 1. The van der Waals surface area contributed by atoms with Crippen molar-refractivity contribution < 1.29 is 23.4 Å². The van der Waals surface area contributed by atoms with Crippen LogP contribution in [0.2, 0.25) is 0 Å². The summed E-state index contributed by atoms with van der Waals surface area (Å²) in [6.45, 7) is 3.10. The first kappa shape index (κ1) is 17.1. The number of halogens is 1. The minimum Gasteiger partial charge on any atom is -0.496 e. The summed E-state index contributed by atoms with van der Waals surface area (Å²) < 4.78 is 30.9. The van der Waals surface area contributed by atoms with Gasteiger partial charge in [-0.05, 0) is 12.1 Å². The van der Waals surface area contributed by atoms with Gasteiger partial charge in [-0.25, -0.2) is 4.39 Å². The van der Waals surface area contributed by atoms with Crippen molar-refractivity contribution in [2.24, 2.45) is 0 Å². The van der Waals surface area contributed by atoms with E-state index in [1.165, 1.54) is 6.07 Å². The normalized spacial score (nSPS) is 25.8. The van der Waals surface area contributed by atoms with Crippen LogP contribution in [0.5, 0.6) is 5.75 Å². The van der Waals surface area contributed by atoms with Gasteiger partial charge in [0.05, 0.1) is 26.9 Å². The summed E-state index contributed by atoms with van der Waals surface area (Å²) >= 11 is 0. The molecule has 0 radical (unpaired) electrons. The Morgan fingerprint density at radius 2 is 2.21 bits per heavy atom. The van der Waals surface area contributed by atoms with E-state index in [4.69, 9.17) is 14.2 Å². The lowest BCUT2D eigenvalue weighted by molar-refractivity contribution is -0.143. The van der Waals surface area contributed by atoms with E-state index >= 15 is 0 Å². The van der Waals surface area contributed by atoms with Gasteiger partial charge in [0.2, 0.25) is 5.91 Å². The molecule has 1 spiro atoms. The van der Waals surface area contributed by atoms with Crippen LogP contribution in [0.1, 0.15) is 5.56 Å². The van der Waals surface area contributed by atoms with Gasteiger partial charge in [-0.1, -0.05) is 6.07 Å². The average Bonchev–Trinajstić information content (AvgIpc) is 2.69. The maximum absolute atomic E-state index is 14.2. The summed E-state index contributed by atoms with van der Waals surface area (Å²) in [5, 5.41) is 0. The number of hydrogen-bond acceptors (Lipinski definition) is 5. The SMILES string of the molecule is COc1cccc(F)c1CN1CCOC2(COCC(=O)N(C)C2)C1. The summed E-state index contributed by atoms with van der Waals surface area (Å²) in [6, 6.07) is 4.84. The molecule has 1 aromatic carbocycles. The quantitative estimate of drug-likeness (QED) is 0.819. The van der Waals surface area contributed by atoms with Crippen LogP contribution >= 0.6 is 0 Å². The number of likely N-dealkylation sites (N-methyl/N-ethyl adjacent to an activating group) is 1. The zero-order valence-corrected chi connectivity index (χ0v) is 14.1. The molecule has 0 aliphatic carbocycles. The number of carbonyl (C=O) groups is 1. The standard InChI is InChI=1S/C17H23FN2O4/c1-19-10-17(12-23-9-16(19)21)11-20(6-7-24-17)8-13-14(18)4-3-5-15(13)22-2/h3-5H,6-12H2,1-2H3. The highest BCUT2D eigenvalue weighted by Gasteiger charge is 2.41. The molecule has 2 heterocycles. The van der Waals surface area contributed by atoms with Crippen molar-refractivity contribution in [1.29, 1.82) is 0 Å². The molecular formula is C17H23FN2O4. The number of nitrogens with zero attached hydrogens (tertiary/aromatic N) is 2. The van der Waals surface area contributed by atoms with Gasteiger partial charge < -0.3 is 19.1 Å². The fourth-order valence-corrected chi connectivity index (χ4v) is 3.35. The number of hydrogen-bond donors (Lipinski definition) is 0. The molecule has 1 aromatic rings. The molecule has 132 valence electrons. The molecule has 1 unspecified atom stereocenters. The lowest BCUT2D eigenvalue weighted by Gasteiger charge is -2.43. The minimum atomic E-state index is -0.572. The molecule has 1 amide bonds. The van der Waals surface area contributed by atoms with Gasteiger partial charge >= 0.3 is 0 Å². The Hall–Kier alpha value is -1.70. The van der Waals surface area contributed by atoms with E-state index < -0.39 is 5.60 Å². The van der Waals surface area contributed by atoms with E-state index in [0.717, 1.165) is 0 Å². The molecule has 0 aromatic heterocycles. The highest BCUT2D eigenvalue weighted by molar-refractivity contribution is 5.77. The minimum absolute atomic E-state index is 0.0524. The van der Waals surface area contributed by atoms with Crippen LogP contribution in [0, 0.1) is 5.82 Å². The van der Waals surface area contributed by atoms with Gasteiger partial charge in [-0.2, -0.15) is 0 Å². The van der Waals surface area contributed by atoms with Gasteiger partial charge in [0.1, 0.15) is 23.8 Å². The Morgan fingerprint density at radius 1 is 1.38 bits per heavy atom. The molecule has 3 rings (SSSR count). The number of morpholine rings is 1. The van der Waals surface area contributed by atoms with Crippen LogP contribution in [0.4, 0.5) is 4.39 Å². The first-order chi connectivity index (χ1) is 11.5. The van der Waals surface area contributed by atoms with Crippen molar-refractivity contribution in [3.8, 4) is 5.75 Å². The lowest BCUT2D eigenvalue weighted by atomic mass is 10.0. The van der Waals surface area contributed by atoms with Crippen molar-refractivity contribution in [2.75, 3.05) is 53.6 Å². The van der Waals surface area contributed by atoms with E-state index in [0.29, 0.717) is 50.7 Å². The van der Waals surface area contributed by atoms with Crippen molar-refractivity contribution >= 4 is 5.91 Å². The van der Waals surface area contributed by atoms with Gasteiger partial charge in [0.25, 0.3) is 0 Å². The first-order valence-electron chi connectivity index (χ1n) is 8.02. The van der Waals surface area contributed by atoms with Crippen LogP contribution in [-0.2, 0) is 20.8 Å². The van der Waals surface area contributed by atoms with E-state index in [2.05, 4.69) is 4.90 Å². The molecule has 2 saturated heterocycles. The van der Waals surface area contributed by atoms with Crippen molar-refractivity contribution in [1.82, 2.24) is 9.80 Å². The van der Waals surface area contributed by atoms with Crippen LogP contribution in [0.3, 0.4) is 0 Å². The predicted molar refractivity (Wildman–Crippen MR) is 85.4 cm³/mol. The second-order valence-electron chi connectivity index (χ2n) is 6.41. The van der Waals surface area contributed by atoms with E-state index in [1.54, 1.807) is 31.2 Å². The first-order valence-corrected chi connectivity index (χ1v) is 8.02. The van der Waals surface area contributed by atoms with Gasteiger partial charge in [-0.3, -0.25) is 9.69 Å². The smallest absolute Gasteiger partial charge is 0.248 e. The number of amides is 1. The zero-order valence-electron chi connectivity index (χ0n) is 14.1. The molecule has 24 heavy (non-hydrogen) atoms. The largest absolute Gasteiger partial charge is 0.496 e. The van der Waals surface area contributed by atoms with E-state index in [-0.39, 0.29) is 18.3 Å². The molecule has 0 saturated carbocycles. The number of benzene rings is 1. The fraction of sp³-hybridized carbons (Fsp3) is 0.588. The molecule has 2 aliphatic heterocycles. The third kappa shape index (κ3) is 3.53. The Bertz CT molecular complexity index is 612. The fourth-order valence-electron chi connectivity index (χ4n) is 3.35. The molecule has 1 atom stereocenters. The van der Waals surface area contributed by atoms with E-state index in [1.807, 2.05) is 0 Å². The summed E-state index contributed by atoms with van der Waals surface area (Å²) in [7, 11) is 3.29. The van der Waals surface area contributed by atoms with Crippen LogP contribution in [0.25, 0.3) is 0 Å². The van der Waals surface area contributed by atoms with Crippen LogP contribution in [0.15, 0.2) is 18.2 Å². The Kier molecular flexibility index (Phi) is 5.03. The van der Waals surface area contributed by atoms with Crippen molar-refractivity contribution in [2.45, 2.75) is 12.1 Å². The van der Waals surface area contributed by atoms with Crippen LogP contribution in [-0.4, -0.2) is 74.9 Å². The average molecular weight is 338 g/mol. The highest BCUT2D eigenvalue weighted by atomic mass is 19.1. The topological polar surface area (TPSA) is 51.2 Å². The molecule has 0 bridgehead atoms. The number of methoxy groups -OCH3 is 1. The molecule has 2 fully saturated rings. The maximum atomic E-state index is 14.2. The van der Waals surface area contributed by atoms with E-state index in [9.17, 15) is 9.18 Å². The second-order valence-corrected chi connectivity index (χ2v) is 6.41. The number of ether oxygens (including phenoxy) is 3. The molecule has 6 nitrogen and oxygen atoms in total. The molecule has 0 N–H and O–H groups in total. The maximum Gasteiger partial charge on any atom is 0.248 e. The van der Waals surface area contributed by atoms with Crippen LogP contribution < -0.4 is 4.74 Å². The summed E-state index contributed by atoms with van der Waals surface area (Å²) in [6.07, 6.45) is 0. The summed E-state index contributed by atoms with van der Waals surface area (Å²) in [5.41, 5.74) is -0.0338. The van der Waals surface area contributed by atoms with Crippen molar-refractivity contribution in [3.05, 3.63) is 29.6 Å². The zero-order chi connectivity index (χ0) is 17.2. The third-order valence-corrected chi connectivity index (χ3v) is 4.55. The highest BCUT2D eigenvalue weighted by Crippen LogP contribution is 2.27. The van der Waals surface area contributed by atoms with Gasteiger partial charge in [0, 0.05) is 32.2 Å². The van der Waals surface area contributed by atoms with Gasteiger partial charge in [0.15, 0.2) is 0 Å². The lowest BCUT2D eigenvalue weighted by Crippen LogP contribution is -2.58. The molecule has 2 aliphatic rings. The second kappa shape index (κ2) is 7.04. The molecule has 7 heteroatoms.